The first-order chi connectivity index (χ1) is 4.54. The van der Waals surface area contributed by atoms with Gasteiger partial charge in [0.05, 0.1) is 6.10 Å². The molecule has 62 valence electrons. The second-order valence-corrected chi connectivity index (χ2v) is 3.29. The molecule has 0 bridgehead atoms. The van der Waals surface area contributed by atoms with Crippen molar-refractivity contribution in [2.24, 2.45) is 11.1 Å². The lowest BCUT2D eigenvalue weighted by Gasteiger charge is -2.29. The zero-order chi connectivity index (χ0) is 8.20. The summed E-state index contributed by atoms with van der Waals surface area (Å²) in [6.07, 6.45) is 0.252. The van der Waals surface area contributed by atoms with E-state index in [2.05, 4.69) is 20.8 Å². The summed E-state index contributed by atoms with van der Waals surface area (Å²) in [7, 11) is 0. The Morgan fingerprint density at radius 1 is 1.50 bits per heavy atom. The van der Waals surface area contributed by atoms with Crippen LogP contribution in [-0.2, 0) is 4.74 Å². The molecule has 10 heavy (non-hydrogen) atoms. The highest BCUT2D eigenvalue weighted by atomic mass is 16.5. The van der Waals surface area contributed by atoms with Gasteiger partial charge in [-0.25, -0.2) is 0 Å². The van der Waals surface area contributed by atoms with Gasteiger partial charge in [0.15, 0.2) is 0 Å². The first-order valence-electron chi connectivity index (χ1n) is 3.86. The van der Waals surface area contributed by atoms with E-state index in [4.69, 9.17) is 10.5 Å². The maximum Gasteiger partial charge on any atom is 0.0609 e. The van der Waals surface area contributed by atoms with Crippen LogP contribution < -0.4 is 5.73 Å². The molecule has 0 aliphatic carbocycles. The molecule has 2 nitrogen and oxygen atoms in total. The monoisotopic (exact) mass is 145 g/mol. The highest BCUT2D eigenvalue weighted by molar-refractivity contribution is 4.76. The Balaban J connectivity index is 3.78. The van der Waals surface area contributed by atoms with Gasteiger partial charge in [-0.15, -0.1) is 0 Å². The maximum atomic E-state index is 5.56. The van der Waals surface area contributed by atoms with E-state index < -0.39 is 0 Å². The third-order valence-electron chi connectivity index (χ3n) is 2.04. The van der Waals surface area contributed by atoms with Crippen LogP contribution in [0.5, 0.6) is 0 Å². The van der Waals surface area contributed by atoms with Crippen molar-refractivity contribution in [2.75, 3.05) is 13.2 Å². The minimum absolute atomic E-state index is 0.107. The number of hydrogen-bond donors (Lipinski definition) is 1. The second kappa shape index (κ2) is 3.94. The van der Waals surface area contributed by atoms with Crippen molar-refractivity contribution in [2.45, 2.75) is 33.8 Å². The summed E-state index contributed by atoms with van der Waals surface area (Å²) in [6, 6.07) is 0. The van der Waals surface area contributed by atoms with Gasteiger partial charge in [0, 0.05) is 12.0 Å². The summed E-state index contributed by atoms with van der Waals surface area (Å²) < 4.78 is 5.42. The van der Waals surface area contributed by atoms with Crippen molar-refractivity contribution in [1.29, 1.82) is 0 Å². The highest BCUT2D eigenvalue weighted by Crippen LogP contribution is 2.20. The van der Waals surface area contributed by atoms with E-state index in [1.54, 1.807) is 0 Å². The van der Waals surface area contributed by atoms with Gasteiger partial charge in [-0.1, -0.05) is 13.8 Å². The van der Waals surface area contributed by atoms with Crippen LogP contribution in [0, 0.1) is 5.41 Å². The van der Waals surface area contributed by atoms with Crippen molar-refractivity contribution in [1.82, 2.24) is 0 Å². The fourth-order valence-corrected chi connectivity index (χ4v) is 0.642. The normalized spacial score (nSPS) is 15.3. The van der Waals surface area contributed by atoms with Gasteiger partial charge in [-0.3, -0.25) is 0 Å². The predicted octanol–water partition coefficient (Wildman–Crippen LogP) is 1.40. The molecule has 0 radical (unpaired) electrons. The Kier molecular flexibility index (Phi) is 3.91. The first kappa shape index (κ1) is 9.92. The molecule has 0 aliphatic rings. The lowest BCUT2D eigenvalue weighted by atomic mass is 9.88. The fraction of sp³-hybridized carbons (Fsp3) is 1.00. The summed E-state index contributed by atoms with van der Waals surface area (Å²) in [5.41, 5.74) is 5.66. The first-order valence-corrected chi connectivity index (χ1v) is 3.86. The smallest absolute Gasteiger partial charge is 0.0609 e. The Morgan fingerprint density at radius 3 is 2.30 bits per heavy atom. The van der Waals surface area contributed by atoms with Crippen LogP contribution in [0.3, 0.4) is 0 Å². The van der Waals surface area contributed by atoms with Crippen molar-refractivity contribution >= 4 is 0 Å². The van der Waals surface area contributed by atoms with E-state index in [1.165, 1.54) is 0 Å². The van der Waals surface area contributed by atoms with E-state index in [9.17, 15) is 0 Å². The molecule has 0 fully saturated rings. The molecule has 2 N–H and O–H groups in total. The van der Waals surface area contributed by atoms with Gasteiger partial charge in [0.25, 0.3) is 0 Å². The van der Waals surface area contributed by atoms with E-state index in [-0.39, 0.29) is 11.5 Å². The van der Waals surface area contributed by atoms with E-state index >= 15 is 0 Å². The Hall–Kier alpha value is -0.0800. The molecule has 0 heterocycles. The average Bonchev–Trinajstić information content (AvgIpc) is 1.89. The molecule has 2 heteroatoms. The minimum Gasteiger partial charge on any atom is -0.378 e. The van der Waals surface area contributed by atoms with Gasteiger partial charge in [-0.05, 0) is 20.4 Å². The molecule has 0 aromatic heterocycles. The number of rotatable bonds is 4. The van der Waals surface area contributed by atoms with Gasteiger partial charge >= 0.3 is 0 Å². The molecule has 0 amide bonds. The molecule has 0 saturated carbocycles. The van der Waals surface area contributed by atoms with Crippen LogP contribution in [0.1, 0.15) is 27.7 Å². The highest BCUT2D eigenvalue weighted by Gasteiger charge is 2.23. The maximum absolute atomic E-state index is 5.56. The van der Waals surface area contributed by atoms with Crippen LogP contribution in [0.4, 0.5) is 0 Å². The summed E-state index contributed by atoms with van der Waals surface area (Å²) >= 11 is 0. The van der Waals surface area contributed by atoms with Gasteiger partial charge in [0.1, 0.15) is 0 Å². The van der Waals surface area contributed by atoms with Crippen molar-refractivity contribution < 1.29 is 4.74 Å². The molecular weight excluding hydrogens is 126 g/mol. The molecular formula is C8H19NO. The van der Waals surface area contributed by atoms with Gasteiger partial charge < -0.3 is 10.5 Å². The third-order valence-corrected chi connectivity index (χ3v) is 2.04. The molecule has 1 atom stereocenters. The number of ether oxygens (including phenoxy) is 1. The summed E-state index contributed by atoms with van der Waals surface area (Å²) in [5.74, 6) is 0. The Labute approximate surface area is 63.7 Å². The van der Waals surface area contributed by atoms with E-state index in [0.29, 0.717) is 6.54 Å². The third kappa shape index (κ3) is 2.67. The van der Waals surface area contributed by atoms with Crippen LogP contribution in [0.15, 0.2) is 0 Å². The van der Waals surface area contributed by atoms with Crippen molar-refractivity contribution in [3.05, 3.63) is 0 Å². The van der Waals surface area contributed by atoms with Crippen LogP contribution in [-0.4, -0.2) is 19.3 Å². The summed E-state index contributed by atoms with van der Waals surface area (Å²) in [6.45, 7) is 9.75. The molecule has 0 spiro atoms. The number of nitrogens with two attached hydrogens (primary N) is 1. The zero-order valence-electron chi connectivity index (χ0n) is 7.48. The molecule has 0 rings (SSSR count). The van der Waals surface area contributed by atoms with Gasteiger partial charge in [0.2, 0.25) is 0 Å². The van der Waals surface area contributed by atoms with Crippen molar-refractivity contribution in [3.8, 4) is 0 Å². The largest absolute Gasteiger partial charge is 0.378 e. The zero-order valence-corrected chi connectivity index (χ0v) is 7.48. The molecule has 0 aromatic carbocycles. The Bertz CT molecular complexity index is 91.3. The van der Waals surface area contributed by atoms with E-state index in [1.807, 2.05) is 6.92 Å². The second-order valence-electron chi connectivity index (χ2n) is 3.29. The predicted molar refractivity (Wildman–Crippen MR) is 43.9 cm³/mol. The van der Waals surface area contributed by atoms with Crippen LogP contribution >= 0.6 is 0 Å². The van der Waals surface area contributed by atoms with Crippen LogP contribution in [0.2, 0.25) is 0 Å². The molecule has 0 saturated heterocycles. The van der Waals surface area contributed by atoms with Crippen molar-refractivity contribution in [3.63, 3.8) is 0 Å². The van der Waals surface area contributed by atoms with Gasteiger partial charge in [-0.2, -0.15) is 0 Å². The topological polar surface area (TPSA) is 35.2 Å². The van der Waals surface area contributed by atoms with Crippen LogP contribution in [0.25, 0.3) is 0 Å². The molecule has 0 aromatic rings. The Morgan fingerprint density at radius 2 is 2.00 bits per heavy atom. The summed E-state index contributed by atoms with van der Waals surface area (Å²) in [5, 5.41) is 0. The fourth-order valence-electron chi connectivity index (χ4n) is 0.642. The lowest BCUT2D eigenvalue weighted by molar-refractivity contribution is -0.00223. The summed E-state index contributed by atoms with van der Waals surface area (Å²) in [4.78, 5) is 0. The lowest BCUT2D eigenvalue weighted by Crippen LogP contribution is -2.36. The average molecular weight is 145 g/mol. The molecule has 1 unspecified atom stereocenters. The molecule has 0 aliphatic heterocycles. The SMILES string of the molecule is CCOC(C)C(C)(C)CN. The quantitative estimate of drug-likeness (QED) is 0.649. The standard InChI is InChI=1S/C8H19NO/c1-5-10-7(2)8(3,4)6-9/h7H,5-6,9H2,1-4H3. The number of hydrogen-bond acceptors (Lipinski definition) is 2. The minimum atomic E-state index is 0.107. The van der Waals surface area contributed by atoms with E-state index in [0.717, 1.165) is 6.61 Å².